The number of likely N-dealkylation sites (N-methyl/N-ethyl adjacent to an activating group) is 1. The number of benzene rings is 1. The summed E-state index contributed by atoms with van der Waals surface area (Å²) in [5.74, 6) is 0.932. The molecular weight excluding hydrogens is 309 g/mol. The number of hydrogen-bond donors (Lipinski definition) is 1. The highest BCUT2D eigenvalue weighted by Crippen LogP contribution is 2.36. The molecule has 2 atom stereocenters. The van der Waals surface area contributed by atoms with Gasteiger partial charge in [0, 0.05) is 23.6 Å². The zero-order valence-electron chi connectivity index (χ0n) is 10.6. The molecule has 0 bridgehead atoms. The van der Waals surface area contributed by atoms with E-state index in [1.54, 1.807) is 12.1 Å². The van der Waals surface area contributed by atoms with Gasteiger partial charge in [-0.3, -0.25) is 0 Å². The first kappa shape index (κ1) is 15.2. The van der Waals surface area contributed by atoms with Crippen LogP contribution < -0.4 is 10.1 Å². The summed E-state index contributed by atoms with van der Waals surface area (Å²) in [4.78, 5) is 0. The summed E-state index contributed by atoms with van der Waals surface area (Å²) in [6.45, 7) is 2.06. The summed E-state index contributed by atoms with van der Waals surface area (Å²) in [5, 5.41) is 4.60. The average Bonchev–Trinajstić information content (AvgIpc) is 2.86. The first-order valence-corrected chi connectivity index (χ1v) is 7.27. The van der Waals surface area contributed by atoms with Gasteiger partial charge in [0.1, 0.15) is 6.61 Å². The lowest BCUT2D eigenvalue weighted by Crippen LogP contribution is -2.39. The van der Waals surface area contributed by atoms with Crippen molar-refractivity contribution in [2.45, 2.75) is 12.5 Å². The van der Waals surface area contributed by atoms with Crippen molar-refractivity contribution >= 4 is 34.8 Å². The van der Waals surface area contributed by atoms with Crippen LogP contribution in [0.15, 0.2) is 12.1 Å². The van der Waals surface area contributed by atoms with Crippen molar-refractivity contribution in [1.82, 2.24) is 5.32 Å². The van der Waals surface area contributed by atoms with Crippen LogP contribution in [-0.4, -0.2) is 32.9 Å². The molecule has 19 heavy (non-hydrogen) atoms. The number of hydrogen-bond acceptors (Lipinski definition) is 3. The van der Waals surface area contributed by atoms with Crippen LogP contribution in [0.2, 0.25) is 15.1 Å². The third-order valence-corrected chi connectivity index (χ3v) is 4.05. The minimum absolute atomic E-state index is 0.213. The number of halogens is 3. The summed E-state index contributed by atoms with van der Waals surface area (Å²) in [7, 11) is 1.91. The van der Waals surface area contributed by atoms with Crippen LogP contribution in [-0.2, 0) is 4.74 Å². The van der Waals surface area contributed by atoms with Gasteiger partial charge in [-0.25, -0.2) is 0 Å². The fourth-order valence-corrected chi connectivity index (χ4v) is 3.09. The molecule has 2 unspecified atom stereocenters. The highest BCUT2D eigenvalue weighted by atomic mass is 35.5. The van der Waals surface area contributed by atoms with Crippen LogP contribution in [0, 0.1) is 5.92 Å². The second-order valence-corrected chi connectivity index (χ2v) is 5.78. The first-order chi connectivity index (χ1) is 9.11. The predicted molar refractivity (Wildman–Crippen MR) is 78.7 cm³/mol. The Morgan fingerprint density at radius 1 is 1.37 bits per heavy atom. The van der Waals surface area contributed by atoms with Crippen molar-refractivity contribution in [2.24, 2.45) is 5.92 Å². The quantitative estimate of drug-likeness (QED) is 0.897. The topological polar surface area (TPSA) is 30.5 Å². The molecule has 1 fully saturated rings. The Kier molecular flexibility index (Phi) is 5.60. The van der Waals surface area contributed by atoms with E-state index in [1.165, 1.54) is 0 Å². The molecule has 0 radical (unpaired) electrons. The molecule has 1 aromatic carbocycles. The molecular formula is C13H16Cl3NO2. The van der Waals surface area contributed by atoms with E-state index in [0.29, 0.717) is 33.3 Å². The van der Waals surface area contributed by atoms with Gasteiger partial charge < -0.3 is 14.8 Å². The fourth-order valence-electron chi connectivity index (χ4n) is 2.17. The van der Waals surface area contributed by atoms with Gasteiger partial charge in [0.15, 0.2) is 5.75 Å². The van der Waals surface area contributed by atoms with Gasteiger partial charge in [-0.2, -0.15) is 0 Å². The molecule has 1 aromatic rings. The molecule has 1 N–H and O–H groups in total. The maximum Gasteiger partial charge on any atom is 0.156 e. The minimum Gasteiger partial charge on any atom is -0.489 e. The molecule has 2 rings (SSSR count). The lowest BCUT2D eigenvalue weighted by Gasteiger charge is -2.22. The lowest BCUT2D eigenvalue weighted by atomic mass is 10.00. The number of nitrogens with one attached hydrogen (secondary N) is 1. The highest BCUT2D eigenvalue weighted by Gasteiger charge is 2.25. The van der Waals surface area contributed by atoms with E-state index in [2.05, 4.69) is 5.32 Å². The van der Waals surface area contributed by atoms with Gasteiger partial charge in [0.25, 0.3) is 0 Å². The van der Waals surface area contributed by atoms with Crippen LogP contribution in [0.5, 0.6) is 5.75 Å². The molecule has 1 aliphatic rings. The fraction of sp³-hybridized carbons (Fsp3) is 0.538. The Morgan fingerprint density at radius 2 is 2.05 bits per heavy atom. The van der Waals surface area contributed by atoms with E-state index in [1.807, 2.05) is 7.05 Å². The van der Waals surface area contributed by atoms with Gasteiger partial charge >= 0.3 is 0 Å². The molecule has 6 heteroatoms. The summed E-state index contributed by atoms with van der Waals surface area (Å²) >= 11 is 18.0. The zero-order chi connectivity index (χ0) is 13.8. The van der Waals surface area contributed by atoms with Gasteiger partial charge in [0.2, 0.25) is 0 Å². The second-order valence-electron chi connectivity index (χ2n) is 4.53. The van der Waals surface area contributed by atoms with Gasteiger partial charge in [0.05, 0.1) is 16.7 Å². The molecule has 0 spiro atoms. The van der Waals surface area contributed by atoms with Crippen LogP contribution in [0.1, 0.15) is 6.42 Å². The number of ether oxygens (including phenoxy) is 2. The van der Waals surface area contributed by atoms with Crippen LogP contribution in [0.4, 0.5) is 0 Å². The summed E-state index contributed by atoms with van der Waals surface area (Å²) < 4.78 is 11.1. The molecule has 1 heterocycles. The van der Waals surface area contributed by atoms with E-state index < -0.39 is 0 Å². The summed E-state index contributed by atoms with van der Waals surface area (Å²) in [6, 6.07) is 3.46. The van der Waals surface area contributed by atoms with Crippen molar-refractivity contribution in [2.75, 3.05) is 26.9 Å². The maximum atomic E-state index is 6.08. The largest absolute Gasteiger partial charge is 0.489 e. The molecule has 0 saturated carbocycles. The SMILES string of the molecule is CNC(COc1c(Cl)cc(Cl)cc1Cl)C1CCOC1. The standard InChI is InChI=1S/C13H16Cl3NO2/c1-17-12(8-2-3-18-6-8)7-19-13-10(15)4-9(14)5-11(13)16/h4-5,8,12,17H,2-3,6-7H2,1H3. The monoisotopic (exact) mass is 323 g/mol. The number of rotatable bonds is 5. The van der Waals surface area contributed by atoms with Gasteiger partial charge in [-0.15, -0.1) is 0 Å². The van der Waals surface area contributed by atoms with E-state index in [9.17, 15) is 0 Å². The molecule has 106 valence electrons. The van der Waals surface area contributed by atoms with Crippen molar-refractivity contribution in [3.8, 4) is 5.75 Å². The van der Waals surface area contributed by atoms with Gasteiger partial charge in [-0.1, -0.05) is 34.8 Å². The van der Waals surface area contributed by atoms with Crippen molar-refractivity contribution in [3.05, 3.63) is 27.2 Å². The van der Waals surface area contributed by atoms with E-state index in [-0.39, 0.29) is 6.04 Å². The molecule has 3 nitrogen and oxygen atoms in total. The van der Waals surface area contributed by atoms with Crippen molar-refractivity contribution in [3.63, 3.8) is 0 Å². The Balaban J connectivity index is 2.01. The second kappa shape index (κ2) is 7.00. The lowest BCUT2D eigenvalue weighted by molar-refractivity contribution is 0.163. The summed E-state index contributed by atoms with van der Waals surface area (Å²) in [6.07, 6.45) is 1.04. The smallest absolute Gasteiger partial charge is 0.156 e. The molecule has 0 aliphatic carbocycles. The molecule has 0 aromatic heterocycles. The average molecular weight is 325 g/mol. The van der Waals surface area contributed by atoms with Crippen molar-refractivity contribution in [1.29, 1.82) is 0 Å². The Morgan fingerprint density at radius 3 is 2.58 bits per heavy atom. The Hall–Kier alpha value is -0.190. The summed E-state index contributed by atoms with van der Waals surface area (Å²) in [5.41, 5.74) is 0. The maximum absolute atomic E-state index is 6.08. The predicted octanol–water partition coefficient (Wildman–Crippen LogP) is 3.65. The van der Waals surface area contributed by atoms with E-state index >= 15 is 0 Å². The minimum atomic E-state index is 0.213. The van der Waals surface area contributed by atoms with Crippen LogP contribution in [0.3, 0.4) is 0 Å². The van der Waals surface area contributed by atoms with Crippen LogP contribution in [0.25, 0.3) is 0 Å². The Labute approximate surface area is 128 Å². The van der Waals surface area contributed by atoms with E-state index in [0.717, 1.165) is 19.6 Å². The molecule has 0 amide bonds. The van der Waals surface area contributed by atoms with Crippen molar-refractivity contribution < 1.29 is 9.47 Å². The molecule has 1 aliphatic heterocycles. The first-order valence-electron chi connectivity index (χ1n) is 6.14. The third kappa shape index (κ3) is 3.89. The third-order valence-electron chi connectivity index (χ3n) is 3.28. The van der Waals surface area contributed by atoms with Crippen LogP contribution >= 0.6 is 34.8 Å². The highest BCUT2D eigenvalue weighted by molar-refractivity contribution is 6.40. The Bertz CT molecular complexity index is 413. The van der Waals surface area contributed by atoms with Gasteiger partial charge in [-0.05, 0) is 25.6 Å². The molecule has 1 saturated heterocycles. The normalized spacial score (nSPS) is 20.5. The van der Waals surface area contributed by atoms with E-state index in [4.69, 9.17) is 44.3 Å². The zero-order valence-corrected chi connectivity index (χ0v) is 12.9.